The van der Waals surface area contributed by atoms with Crippen LogP contribution in [0.5, 0.6) is 5.88 Å². The van der Waals surface area contributed by atoms with Crippen LogP contribution < -0.4 is 10.1 Å². The third kappa shape index (κ3) is 2.68. The van der Waals surface area contributed by atoms with Crippen molar-refractivity contribution in [2.75, 3.05) is 7.11 Å². The lowest BCUT2D eigenvalue weighted by molar-refractivity contribution is 0.0947. The van der Waals surface area contributed by atoms with E-state index in [0.717, 1.165) is 4.88 Å². The molecule has 0 radical (unpaired) electrons. The van der Waals surface area contributed by atoms with Gasteiger partial charge in [-0.15, -0.1) is 11.3 Å². The van der Waals surface area contributed by atoms with Crippen molar-refractivity contribution in [1.82, 2.24) is 10.3 Å². The topological polar surface area (TPSA) is 51.2 Å². The zero-order valence-corrected chi connectivity index (χ0v) is 11.1. The lowest BCUT2D eigenvalue weighted by Gasteiger charge is -2.07. The van der Waals surface area contributed by atoms with Gasteiger partial charge in [-0.3, -0.25) is 4.79 Å². The van der Waals surface area contributed by atoms with Crippen LogP contribution in [-0.4, -0.2) is 18.0 Å². The van der Waals surface area contributed by atoms with Gasteiger partial charge < -0.3 is 10.1 Å². The second-order valence-corrected chi connectivity index (χ2v) is 4.77. The molecule has 0 spiro atoms. The van der Waals surface area contributed by atoms with E-state index in [-0.39, 0.29) is 5.91 Å². The van der Waals surface area contributed by atoms with E-state index in [2.05, 4.69) is 10.3 Å². The summed E-state index contributed by atoms with van der Waals surface area (Å²) in [6.45, 7) is 2.56. The molecule has 4 nitrogen and oxygen atoms in total. The van der Waals surface area contributed by atoms with Crippen LogP contribution in [0.1, 0.15) is 20.8 Å². The normalized spacial score (nSPS) is 10.1. The molecule has 5 heteroatoms. The predicted molar refractivity (Wildman–Crippen MR) is 71.0 cm³/mol. The fourth-order valence-corrected chi connectivity index (χ4v) is 2.41. The van der Waals surface area contributed by atoms with Crippen molar-refractivity contribution in [3.8, 4) is 5.88 Å². The van der Waals surface area contributed by atoms with Gasteiger partial charge in [-0.2, -0.15) is 0 Å². The van der Waals surface area contributed by atoms with Gasteiger partial charge in [-0.05, 0) is 36.1 Å². The van der Waals surface area contributed by atoms with Gasteiger partial charge in [-0.25, -0.2) is 4.98 Å². The molecule has 0 atom stereocenters. The quantitative estimate of drug-likeness (QED) is 0.920. The highest BCUT2D eigenvalue weighted by molar-refractivity contribution is 7.10. The SMILES string of the molecule is COc1ncccc1C(=O)NCc1sccc1C. The molecule has 2 aromatic heterocycles. The molecule has 0 aliphatic carbocycles. The maximum absolute atomic E-state index is 12.0. The fourth-order valence-electron chi connectivity index (χ4n) is 1.57. The zero-order valence-electron chi connectivity index (χ0n) is 10.3. The first kappa shape index (κ1) is 12.6. The first-order chi connectivity index (χ1) is 8.72. The average molecular weight is 262 g/mol. The molecule has 0 saturated carbocycles. The summed E-state index contributed by atoms with van der Waals surface area (Å²) >= 11 is 1.64. The molecule has 0 aliphatic heterocycles. The van der Waals surface area contributed by atoms with Gasteiger partial charge in [0.15, 0.2) is 0 Å². The van der Waals surface area contributed by atoms with Crippen molar-refractivity contribution in [2.24, 2.45) is 0 Å². The Morgan fingerprint density at radius 3 is 3.00 bits per heavy atom. The lowest BCUT2D eigenvalue weighted by Crippen LogP contribution is -2.23. The smallest absolute Gasteiger partial charge is 0.257 e. The van der Waals surface area contributed by atoms with E-state index in [1.165, 1.54) is 12.7 Å². The Kier molecular flexibility index (Phi) is 3.94. The van der Waals surface area contributed by atoms with Crippen molar-refractivity contribution in [3.63, 3.8) is 0 Å². The summed E-state index contributed by atoms with van der Waals surface area (Å²) in [7, 11) is 1.50. The number of thiophene rings is 1. The van der Waals surface area contributed by atoms with E-state index in [4.69, 9.17) is 4.74 Å². The van der Waals surface area contributed by atoms with Gasteiger partial charge in [-0.1, -0.05) is 0 Å². The van der Waals surface area contributed by atoms with Gasteiger partial charge >= 0.3 is 0 Å². The number of pyridine rings is 1. The standard InChI is InChI=1S/C13H14N2O2S/c1-9-5-7-18-11(9)8-15-12(16)10-4-3-6-14-13(10)17-2/h3-7H,8H2,1-2H3,(H,15,16). The van der Waals surface area contributed by atoms with Gasteiger partial charge in [0.05, 0.1) is 13.7 Å². The summed E-state index contributed by atoms with van der Waals surface area (Å²) in [5.74, 6) is 0.172. The maximum Gasteiger partial charge on any atom is 0.257 e. The second kappa shape index (κ2) is 5.64. The summed E-state index contributed by atoms with van der Waals surface area (Å²) in [5.41, 5.74) is 1.65. The highest BCUT2D eigenvalue weighted by atomic mass is 32.1. The van der Waals surface area contributed by atoms with Gasteiger partial charge in [0, 0.05) is 11.1 Å². The van der Waals surface area contributed by atoms with Crippen molar-refractivity contribution < 1.29 is 9.53 Å². The second-order valence-electron chi connectivity index (χ2n) is 3.77. The Morgan fingerprint density at radius 1 is 1.50 bits per heavy atom. The molecule has 18 heavy (non-hydrogen) atoms. The molecule has 0 aromatic carbocycles. The highest BCUT2D eigenvalue weighted by Gasteiger charge is 2.12. The average Bonchev–Trinajstić information content (AvgIpc) is 2.81. The number of aromatic nitrogens is 1. The molecule has 0 bridgehead atoms. The summed E-state index contributed by atoms with van der Waals surface area (Å²) in [5, 5.41) is 4.88. The number of amides is 1. The summed E-state index contributed by atoms with van der Waals surface area (Å²) in [4.78, 5) is 17.2. The fraction of sp³-hybridized carbons (Fsp3) is 0.231. The van der Waals surface area contributed by atoms with Crippen LogP contribution in [-0.2, 0) is 6.54 Å². The van der Waals surface area contributed by atoms with Crippen molar-refractivity contribution in [2.45, 2.75) is 13.5 Å². The first-order valence-corrected chi connectivity index (χ1v) is 6.40. The highest BCUT2D eigenvalue weighted by Crippen LogP contribution is 2.16. The van der Waals surface area contributed by atoms with Crippen LogP contribution in [0, 0.1) is 6.92 Å². The minimum atomic E-state index is -0.173. The molecule has 2 rings (SSSR count). The summed E-state index contributed by atoms with van der Waals surface area (Å²) in [6, 6.07) is 5.45. The molecule has 0 unspecified atom stereocenters. The monoisotopic (exact) mass is 262 g/mol. The van der Waals surface area contributed by atoms with Crippen LogP contribution in [0.15, 0.2) is 29.8 Å². The van der Waals surface area contributed by atoms with E-state index < -0.39 is 0 Å². The number of hydrogen-bond acceptors (Lipinski definition) is 4. The lowest BCUT2D eigenvalue weighted by atomic mass is 10.2. The number of nitrogens with zero attached hydrogens (tertiary/aromatic N) is 1. The number of nitrogens with one attached hydrogen (secondary N) is 1. The van der Waals surface area contributed by atoms with Crippen LogP contribution in [0.4, 0.5) is 0 Å². The number of carbonyl (C=O) groups is 1. The number of rotatable bonds is 4. The van der Waals surface area contributed by atoms with E-state index in [9.17, 15) is 4.79 Å². The first-order valence-electron chi connectivity index (χ1n) is 5.52. The molecule has 2 aromatic rings. The molecule has 2 heterocycles. The molecular weight excluding hydrogens is 248 g/mol. The minimum Gasteiger partial charge on any atom is -0.480 e. The van der Waals surface area contributed by atoms with E-state index in [0.29, 0.717) is 18.0 Å². The number of methoxy groups -OCH3 is 1. The Hall–Kier alpha value is -1.88. The molecule has 1 amide bonds. The largest absolute Gasteiger partial charge is 0.480 e. The van der Waals surface area contributed by atoms with Crippen LogP contribution in [0.3, 0.4) is 0 Å². The molecular formula is C13H14N2O2S. The zero-order chi connectivity index (χ0) is 13.0. The Labute approximate surface area is 110 Å². The Morgan fingerprint density at radius 2 is 2.33 bits per heavy atom. The van der Waals surface area contributed by atoms with E-state index in [1.807, 2.05) is 18.4 Å². The van der Waals surface area contributed by atoms with Crippen molar-refractivity contribution in [1.29, 1.82) is 0 Å². The van der Waals surface area contributed by atoms with Gasteiger partial charge in [0.1, 0.15) is 5.56 Å². The van der Waals surface area contributed by atoms with Crippen molar-refractivity contribution >= 4 is 17.2 Å². The Balaban J connectivity index is 2.06. The number of ether oxygens (including phenoxy) is 1. The molecule has 0 aliphatic rings. The number of aryl methyl sites for hydroxylation is 1. The van der Waals surface area contributed by atoms with Crippen LogP contribution >= 0.6 is 11.3 Å². The molecule has 94 valence electrons. The van der Waals surface area contributed by atoms with E-state index in [1.54, 1.807) is 29.7 Å². The van der Waals surface area contributed by atoms with Gasteiger partial charge in [0.25, 0.3) is 5.91 Å². The molecule has 1 N–H and O–H groups in total. The minimum absolute atomic E-state index is 0.173. The maximum atomic E-state index is 12.0. The Bertz CT molecular complexity index is 551. The summed E-state index contributed by atoms with van der Waals surface area (Å²) < 4.78 is 5.06. The third-order valence-electron chi connectivity index (χ3n) is 2.59. The third-order valence-corrected chi connectivity index (χ3v) is 3.61. The van der Waals surface area contributed by atoms with Crippen molar-refractivity contribution in [3.05, 3.63) is 45.8 Å². The van der Waals surface area contributed by atoms with Gasteiger partial charge in [0.2, 0.25) is 5.88 Å². The predicted octanol–water partition coefficient (Wildman–Crippen LogP) is 2.39. The summed E-state index contributed by atoms with van der Waals surface area (Å²) in [6.07, 6.45) is 1.60. The number of carbonyl (C=O) groups excluding carboxylic acids is 1. The molecule has 0 fully saturated rings. The molecule has 0 saturated heterocycles. The van der Waals surface area contributed by atoms with Crippen LogP contribution in [0.2, 0.25) is 0 Å². The van der Waals surface area contributed by atoms with Crippen LogP contribution in [0.25, 0.3) is 0 Å². The number of hydrogen-bond donors (Lipinski definition) is 1. The van der Waals surface area contributed by atoms with E-state index >= 15 is 0 Å².